The lowest BCUT2D eigenvalue weighted by Gasteiger charge is -2.45. The fourth-order valence-corrected chi connectivity index (χ4v) is 5.74. The molecule has 1 aliphatic carbocycles. The van der Waals surface area contributed by atoms with Crippen molar-refractivity contribution in [3.8, 4) is 11.5 Å². The van der Waals surface area contributed by atoms with Gasteiger partial charge in [0.05, 0.1) is 14.2 Å². The molecule has 2 amide bonds. The van der Waals surface area contributed by atoms with Gasteiger partial charge in [0.1, 0.15) is 0 Å². The highest BCUT2D eigenvalue weighted by atomic mass is 19.4. The number of carbonyl (C=O) groups excluding carboxylic acids is 1. The maximum absolute atomic E-state index is 12.8. The molecule has 11 heteroatoms. The third-order valence-electron chi connectivity index (χ3n) is 7.78. The number of likely N-dealkylation sites (tertiary alicyclic amines) is 1. The van der Waals surface area contributed by atoms with E-state index in [0.29, 0.717) is 6.04 Å². The molecule has 3 unspecified atom stereocenters. The molecule has 2 fully saturated rings. The number of carboxylic acid groups (broad SMARTS) is 1. The van der Waals surface area contributed by atoms with E-state index < -0.39 is 12.1 Å². The molecule has 8 nitrogen and oxygen atoms in total. The van der Waals surface area contributed by atoms with Gasteiger partial charge >= 0.3 is 18.2 Å². The van der Waals surface area contributed by atoms with E-state index in [1.54, 1.807) is 14.2 Å². The molecule has 2 aromatic carbocycles. The number of rotatable bonds is 5. The summed E-state index contributed by atoms with van der Waals surface area (Å²) in [6, 6.07) is 12.8. The minimum absolute atomic E-state index is 0.0789. The lowest BCUT2D eigenvalue weighted by Crippen LogP contribution is -2.52. The van der Waals surface area contributed by atoms with Gasteiger partial charge in [0.15, 0.2) is 11.5 Å². The van der Waals surface area contributed by atoms with Crippen LogP contribution < -0.4 is 20.1 Å². The number of benzene rings is 2. The first-order valence-corrected chi connectivity index (χ1v) is 12.7. The van der Waals surface area contributed by atoms with Crippen molar-refractivity contribution in [3.63, 3.8) is 0 Å². The molecule has 4 rings (SSSR count). The Kier molecular flexibility index (Phi) is 9.37. The van der Waals surface area contributed by atoms with E-state index in [2.05, 4.69) is 34.7 Å². The first kappa shape index (κ1) is 30.1. The summed E-state index contributed by atoms with van der Waals surface area (Å²) in [5.41, 5.74) is 4.44. The van der Waals surface area contributed by atoms with Gasteiger partial charge in [0.2, 0.25) is 0 Å². The Hall–Kier alpha value is -3.47. The van der Waals surface area contributed by atoms with Crippen LogP contribution in [0.5, 0.6) is 11.5 Å². The number of nitrogens with one attached hydrogen (secondary N) is 2. The first-order valence-electron chi connectivity index (χ1n) is 12.7. The zero-order valence-electron chi connectivity index (χ0n) is 22.8. The first-order chi connectivity index (χ1) is 18.3. The summed E-state index contributed by atoms with van der Waals surface area (Å²) in [6.07, 6.45) is -1.04. The van der Waals surface area contributed by atoms with Crippen molar-refractivity contribution in [1.82, 2.24) is 10.2 Å². The van der Waals surface area contributed by atoms with Gasteiger partial charge in [0, 0.05) is 23.2 Å². The van der Waals surface area contributed by atoms with Gasteiger partial charge in [0.25, 0.3) is 0 Å². The SMILES string of the molecule is COc1ccc(C23CCC(NC(=O)Nc4c(C)cccc4C)CC2N(C)CC3)cc1OC.O=C(O)C(F)(F)F. The smallest absolute Gasteiger partial charge is 0.490 e. The second-order valence-electron chi connectivity index (χ2n) is 10.1. The van der Waals surface area contributed by atoms with Crippen LogP contribution in [0.1, 0.15) is 42.4 Å². The number of amides is 2. The van der Waals surface area contributed by atoms with E-state index in [-0.39, 0.29) is 17.5 Å². The molecule has 0 aromatic heterocycles. The van der Waals surface area contributed by atoms with E-state index >= 15 is 0 Å². The second kappa shape index (κ2) is 12.1. The van der Waals surface area contributed by atoms with Crippen LogP contribution in [0.4, 0.5) is 23.7 Å². The largest absolute Gasteiger partial charge is 0.493 e. The van der Waals surface area contributed by atoms with E-state index in [1.165, 1.54) is 5.56 Å². The number of anilines is 1. The Morgan fingerprint density at radius 2 is 1.67 bits per heavy atom. The molecule has 0 bridgehead atoms. The number of alkyl halides is 3. The Labute approximate surface area is 226 Å². The van der Waals surface area contributed by atoms with Crippen molar-refractivity contribution >= 4 is 17.7 Å². The molecule has 2 aliphatic rings. The number of urea groups is 1. The normalized spacial score (nSPS) is 22.7. The van der Waals surface area contributed by atoms with E-state index in [1.807, 2.05) is 38.1 Å². The number of carboxylic acids is 1. The van der Waals surface area contributed by atoms with E-state index in [9.17, 15) is 18.0 Å². The van der Waals surface area contributed by atoms with Gasteiger partial charge in [-0.2, -0.15) is 13.2 Å². The average Bonchev–Trinajstić information content (AvgIpc) is 3.22. The number of carbonyl (C=O) groups is 2. The lowest BCUT2D eigenvalue weighted by atomic mass is 9.65. The maximum Gasteiger partial charge on any atom is 0.490 e. The van der Waals surface area contributed by atoms with E-state index in [4.69, 9.17) is 19.4 Å². The molecular weight excluding hydrogens is 515 g/mol. The van der Waals surface area contributed by atoms with Crippen molar-refractivity contribution < 1.29 is 37.3 Å². The summed E-state index contributed by atoms with van der Waals surface area (Å²) in [4.78, 5) is 24.1. The maximum atomic E-state index is 12.8. The minimum atomic E-state index is -5.08. The van der Waals surface area contributed by atoms with Gasteiger partial charge in [-0.1, -0.05) is 24.3 Å². The number of para-hydroxylation sites is 1. The monoisotopic (exact) mass is 551 g/mol. The zero-order chi connectivity index (χ0) is 29.0. The molecule has 39 heavy (non-hydrogen) atoms. The predicted octanol–water partition coefficient (Wildman–Crippen LogP) is 5.27. The van der Waals surface area contributed by atoms with Crippen molar-refractivity contribution in [2.45, 2.75) is 63.2 Å². The van der Waals surface area contributed by atoms with Gasteiger partial charge in [-0.3, -0.25) is 0 Å². The van der Waals surface area contributed by atoms with Crippen LogP contribution >= 0.6 is 0 Å². The summed E-state index contributed by atoms with van der Waals surface area (Å²) in [5.74, 6) is -1.22. The highest BCUT2D eigenvalue weighted by molar-refractivity contribution is 5.91. The molecule has 1 aliphatic heterocycles. The number of aryl methyl sites for hydroxylation is 2. The van der Waals surface area contributed by atoms with Gasteiger partial charge in [-0.25, -0.2) is 9.59 Å². The molecule has 0 radical (unpaired) electrons. The molecule has 1 saturated carbocycles. The highest BCUT2D eigenvalue weighted by Crippen LogP contribution is 2.49. The molecule has 1 saturated heterocycles. The lowest BCUT2D eigenvalue weighted by molar-refractivity contribution is -0.192. The Morgan fingerprint density at radius 3 is 2.23 bits per heavy atom. The van der Waals surface area contributed by atoms with Crippen molar-refractivity contribution in [2.75, 3.05) is 33.1 Å². The van der Waals surface area contributed by atoms with Crippen LogP contribution in [0.3, 0.4) is 0 Å². The molecule has 214 valence electrons. The summed E-state index contributed by atoms with van der Waals surface area (Å²) in [7, 11) is 5.56. The average molecular weight is 552 g/mol. The Balaban J connectivity index is 0.000000532. The molecule has 0 spiro atoms. The van der Waals surface area contributed by atoms with Crippen LogP contribution in [0.2, 0.25) is 0 Å². The van der Waals surface area contributed by atoms with Gasteiger partial charge in [-0.05, 0) is 81.9 Å². The van der Waals surface area contributed by atoms with Crippen LogP contribution in [0, 0.1) is 13.8 Å². The van der Waals surface area contributed by atoms with Crippen LogP contribution in [-0.4, -0.2) is 68.1 Å². The van der Waals surface area contributed by atoms with Crippen molar-refractivity contribution in [3.05, 3.63) is 53.1 Å². The summed E-state index contributed by atoms with van der Waals surface area (Å²) in [5, 5.41) is 13.4. The third kappa shape index (κ3) is 6.76. The fraction of sp³-hybridized carbons (Fsp3) is 0.500. The zero-order valence-corrected chi connectivity index (χ0v) is 22.8. The molecule has 3 atom stereocenters. The van der Waals surface area contributed by atoms with Crippen molar-refractivity contribution in [1.29, 1.82) is 0 Å². The van der Waals surface area contributed by atoms with Gasteiger partial charge in [-0.15, -0.1) is 0 Å². The Bertz CT molecular complexity index is 1170. The minimum Gasteiger partial charge on any atom is -0.493 e. The number of fused-ring (bicyclic) bond motifs is 1. The number of nitrogens with zero attached hydrogens (tertiary/aromatic N) is 1. The number of hydrogen-bond donors (Lipinski definition) is 3. The number of halogens is 3. The van der Waals surface area contributed by atoms with Crippen molar-refractivity contribution in [2.24, 2.45) is 0 Å². The number of ether oxygens (including phenoxy) is 2. The van der Waals surface area contributed by atoms with Crippen LogP contribution in [0.25, 0.3) is 0 Å². The third-order valence-corrected chi connectivity index (χ3v) is 7.78. The Morgan fingerprint density at radius 1 is 1.05 bits per heavy atom. The summed E-state index contributed by atoms with van der Waals surface area (Å²) >= 11 is 0. The summed E-state index contributed by atoms with van der Waals surface area (Å²) < 4.78 is 42.8. The fourth-order valence-electron chi connectivity index (χ4n) is 5.74. The molecule has 1 heterocycles. The van der Waals surface area contributed by atoms with E-state index in [0.717, 1.165) is 60.5 Å². The second-order valence-corrected chi connectivity index (χ2v) is 10.1. The number of aliphatic carboxylic acids is 1. The van der Waals surface area contributed by atoms with Crippen LogP contribution in [0.15, 0.2) is 36.4 Å². The summed E-state index contributed by atoms with van der Waals surface area (Å²) in [6.45, 7) is 5.10. The van der Waals surface area contributed by atoms with Crippen LogP contribution in [-0.2, 0) is 10.2 Å². The molecule has 2 aromatic rings. The highest BCUT2D eigenvalue weighted by Gasteiger charge is 2.50. The molecule has 3 N–H and O–H groups in total. The number of likely N-dealkylation sites (N-methyl/N-ethyl adjacent to an activating group) is 1. The standard InChI is InChI=1S/C26H35N3O3.C2HF3O2/c1-17-7-6-8-18(2)24(17)28-25(30)27-20-11-12-26(13-14-29(3)23(26)16-20)19-9-10-21(31-4)22(15-19)32-5;3-2(4,5)1(6)7/h6-10,15,20,23H,11-14,16H2,1-5H3,(H2,27,28,30);(H,6,7). The molecular formula is C28H36F3N3O5. The number of methoxy groups -OCH3 is 2. The number of hydrogen-bond acceptors (Lipinski definition) is 5. The predicted molar refractivity (Wildman–Crippen MR) is 142 cm³/mol. The van der Waals surface area contributed by atoms with Gasteiger partial charge < -0.3 is 30.1 Å². The topological polar surface area (TPSA) is 100 Å². The quantitative estimate of drug-likeness (QED) is 0.468.